The number of benzene rings is 1. The lowest BCUT2D eigenvalue weighted by Gasteiger charge is -2.12. The summed E-state index contributed by atoms with van der Waals surface area (Å²) in [5, 5.41) is 11.3. The molecule has 6 heteroatoms. The molecule has 0 aliphatic rings. The molecule has 0 radical (unpaired) electrons. The van der Waals surface area contributed by atoms with Crippen LogP contribution in [0.5, 0.6) is 11.5 Å². The van der Waals surface area contributed by atoms with Crippen LogP contribution in [0.3, 0.4) is 0 Å². The molecule has 1 amide bonds. The minimum atomic E-state index is -0.820. The van der Waals surface area contributed by atoms with E-state index in [1.54, 1.807) is 18.2 Å². The van der Waals surface area contributed by atoms with Crippen molar-refractivity contribution in [2.45, 2.75) is 33.1 Å². The average molecular weight is 309 g/mol. The second-order valence-corrected chi connectivity index (χ2v) is 4.63. The second kappa shape index (κ2) is 9.65. The van der Waals surface area contributed by atoms with Gasteiger partial charge in [0.05, 0.1) is 13.2 Å². The van der Waals surface area contributed by atoms with Crippen molar-refractivity contribution in [2.24, 2.45) is 0 Å². The first-order valence-corrected chi connectivity index (χ1v) is 7.48. The van der Waals surface area contributed by atoms with E-state index in [1.807, 2.05) is 13.8 Å². The van der Waals surface area contributed by atoms with Crippen LogP contribution >= 0.6 is 0 Å². The zero-order valence-corrected chi connectivity index (χ0v) is 13.1. The number of carboxylic acid groups (broad SMARTS) is 1. The van der Waals surface area contributed by atoms with Gasteiger partial charge in [0, 0.05) is 18.5 Å². The van der Waals surface area contributed by atoms with E-state index < -0.39 is 5.97 Å². The summed E-state index contributed by atoms with van der Waals surface area (Å²) in [6, 6.07) is 5.05. The normalized spacial score (nSPS) is 10.1. The number of carbonyl (C=O) groups is 2. The van der Waals surface area contributed by atoms with Gasteiger partial charge in [-0.15, -0.1) is 0 Å². The monoisotopic (exact) mass is 309 g/mol. The fourth-order valence-electron chi connectivity index (χ4n) is 1.90. The summed E-state index contributed by atoms with van der Waals surface area (Å²) in [5.74, 6) is 0.128. The van der Waals surface area contributed by atoms with Crippen molar-refractivity contribution in [3.05, 3.63) is 23.8 Å². The van der Waals surface area contributed by atoms with Crippen LogP contribution in [0.2, 0.25) is 0 Å². The number of unbranched alkanes of at least 4 members (excludes halogenated alkanes) is 1. The quantitative estimate of drug-likeness (QED) is 0.649. The van der Waals surface area contributed by atoms with Crippen molar-refractivity contribution >= 4 is 11.9 Å². The largest absolute Gasteiger partial charge is 0.490 e. The lowest BCUT2D eigenvalue weighted by molar-refractivity contribution is -0.137. The third-order valence-corrected chi connectivity index (χ3v) is 2.91. The molecule has 0 aliphatic carbocycles. The summed E-state index contributed by atoms with van der Waals surface area (Å²) in [6.45, 7) is 5.21. The molecule has 1 aromatic carbocycles. The van der Waals surface area contributed by atoms with E-state index in [1.165, 1.54) is 0 Å². The van der Waals surface area contributed by atoms with E-state index in [9.17, 15) is 9.59 Å². The number of nitrogens with one attached hydrogen (secondary N) is 1. The molecule has 1 aromatic rings. The Labute approximate surface area is 130 Å². The lowest BCUT2D eigenvalue weighted by Crippen LogP contribution is -2.24. The predicted octanol–water partition coefficient (Wildman–Crippen LogP) is 2.47. The molecule has 1 rings (SSSR count). The van der Waals surface area contributed by atoms with Gasteiger partial charge in [-0.25, -0.2) is 0 Å². The van der Waals surface area contributed by atoms with Gasteiger partial charge < -0.3 is 19.9 Å². The molecule has 2 N–H and O–H groups in total. The zero-order chi connectivity index (χ0) is 16.4. The summed E-state index contributed by atoms with van der Waals surface area (Å²) in [7, 11) is 0. The number of amides is 1. The highest BCUT2D eigenvalue weighted by Gasteiger charge is 2.11. The number of aliphatic carboxylic acids is 1. The molecule has 0 unspecified atom stereocenters. The van der Waals surface area contributed by atoms with E-state index in [0.29, 0.717) is 49.7 Å². The van der Waals surface area contributed by atoms with E-state index in [4.69, 9.17) is 14.6 Å². The van der Waals surface area contributed by atoms with Gasteiger partial charge in [0.15, 0.2) is 11.5 Å². The van der Waals surface area contributed by atoms with Crippen LogP contribution in [0, 0.1) is 0 Å². The number of rotatable bonds is 10. The van der Waals surface area contributed by atoms with Crippen molar-refractivity contribution in [1.29, 1.82) is 0 Å². The summed E-state index contributed by atoms with van der Waals surface area (Å²) < 4.78 is 10.9. The van der Waals surface area contributed by atoms with E-state index >= 15 is 0 Å². The van der Waals surface area contributed by atoms with Crippen molar-refractivity contribution < 1.29 is 24.2 Å². The van der Waals surface area contributed by atoms with E-state index in [2.05, 4.69) is 5.32 Å². The Bertz CT molecular complexity index is 501. The van der Waals surface area contributed by atoms with Gasteiger partial charge in [-0.3, -0.25) is 9.59 Å². The van der Waals surface area contributed by atoms with Crippen LogP contribution in [0.25, 0.3) is 0 Å². The highest BCUT2D eigenvalue weighted by Crippen LogP contribution is 2.28. The molecule has 6 nitrogen and oxygen atoms in total. The van der Waals surface area contributed by atoms with Crippen LogP contribution in [0.4, 0.5) is 0 Å². The topological polar surface area (TPSA) is 84.9 Å². The number of hydrogen-bond acceptors (Lipinski definition) is 4. The van der Waals surface area contributed by atoms with Crippen LogP contribution < -0.4 is 14.8 Å². The molecule has 122 valence electrons. The first-order chi connectivity index (χ1) is 10.6. The molecule has 0 heterocycles. The molecule has 0 saturated carbocycles. The van der Waals surface area contributed by atoms with E-state index in [-0.39, 0.29) is 12.3 Å². The summed E-state index contributed by atoms with van der Waals surface area (Å²) in [6.07, 6.45) is 1.30. The van der Waals surface area contributed by atoms with Gasteiger partial charge >= 0.3 is 5.97 Å². The molecule has 22 heavy (non-hydrogen) atoms. The van der Waals surface area contributed by atoms with Gasteiger partial charge in [0.2, 0.25) is 0 Å². The SMILES string of the molecule is CCOc1ccc(C(=O)NCCCCC(=O)O)cc1OCC. The third kappa shape index (κ3) is 6.03. The first kappa shape index (κ1) is 17.8. The maximum atomic E-state index is 12.0. The minimum absolute atomic E-state index is 0.118. The van der Waals surface area contributed by atoms with Gasteiger partial charge in [-0.05, 0) is 44.9 Å². The fourth-order valence-corrected chi connectivity index (χ4v) is 1.90. The number of carboxylic acids is 1. The molecule has 0 aromatic heterocycles. The number of hydrogen-bond donors (Lipinski definition) is 2. The van der Waals surface area contributed by atoms with Crippen molar-refractivity contribution in [3.63, 3.8) is 0 Å². The maximum absolute atomic E-state index is 12.0. The third-order valence-electron chi connectivity index (χ3n) is 2.91. The molecule has 0 fully saturated rings. The highest BCUT2D eigenvalue weighted by molar-refractivity contribution is 5.94. The molecular weight excluding hydrogens is 286 g/mol. The Morgan fingerprint density at radius 3 is 2.41 bits per heavy atom. The summed E-state index contributed by atoms with van der Waals surface area (Å²) >= 11 is 0. The molecular formula is C16H23NO5. The number of carbonyl (C=O) groups excluding carboxylic acids is 1. The van der Waals surface area contributed by atoms with Crippen molar-refractivity contribution in [2.75, 3.05) is 19.8 Å². The Kier molecular flexibility index (Phi) is 7.81. The van der Waals surface area contributed by atoms with Crippen LogP contribution in [0.1, 0.15) is 43.5 Å². The van der Waals surface area contributed by atoms with Crippen molar-refractivity contribution in [1.82, 2.24) is 5.32 Å². The summed E-state index contributed by atoms with van der Waals surface area (Å²) in [5.41, 5.74) is 0.491. The summed E-state index contributed by atoms with van der Waals surface area (Å²) in [4.78, 5) is 22.4. The minimum Gasteiger partial charge on any atom is -0.490 e. The standard InChI is InChI=1S/C16H23NO5/c1-3-21-13-9-8-12(11-14(13)22-4-2)16(20)17-10-6-5-7-15(18)19/h8-9,11H,3-7,10H2,1-2H3,(H,17,20)(H,18,19). The first-order valence-electron chi connectivity index (χ1n) is 7.48. The fraction of sp³-hybridized carbons (Fsp3) is 0.500. The van der Waals surface area contributed by atoms with Gasteiger partial charge in [-0.2, -0.15) is 0 Å². The van der Waals surface area contributed by atoms with Crippen LogP contribution in [-0.2, 0) is 4.79 Å². The molecule has 0 atom stereocenters. The van der Waals surface area contributed by atoms with Crippen LogP contribution in [0.15, 0.2) is 18.2 Å². The molecule has 0 saturated heterocycles. The zero-order valence-electron chi connectivity index (χ0n) is 13.1. The Morgan fingerprint density at radius 2 is 1.77 bits per heavy atom. The molecule has 0 aliphatic heterocycles. The lowest BCUT2D eigenvalue weighted by atomic mass is 10.1. The van der Waals surface area contributed by atoms with Crippen molar-refractivity contribution in [3.8, 4) is 11.5 Å². The second-order valence-electron chi connectivity index (χ2n) is 4.63. The van der Waals surface area contributed by atoms with Gasteiger partial charge in [-0.1, -0.05) is 0 Å². The molecule has 0 bridgehead atoms. The van der Waals surface area contributed by atoms with E-state index in [0.717, 1.165) is 0 Å². The Balaban J connectivity index is 2.57. The number of ether oxygens (including phenoxy) is 2. The van der Waals surface area contributed by atoms with Gasteiger partial charge in [0.25, 0.3) is 5.91 Å². The van der Waals surface area contributed by atoms with Crippen LogP contribution in [-0.4, -0.2) is 36.7 Å². The average Bonchev–Trinajstić information content (AvgIpc) is 2.48. The van der Waals surface area contributed by atoms with Gasteiger partial charge in [0.1, 0.15) is 0 Å². The maximum Gasteiger partial charge on any atom is 0.303 e. The Hall–Kier alpha value is -2.24. The predicted molar refractivity (Wildman–Crippen MR) is 82.6 cm³/mol. The smallest absolute Gasteiger partial charge is 0.303 e. The Morgan fingerprint density at radius 1 is 1.09 bits per heavy atom. The highest BCUT2D eigenvalue weighted by atomic mass is 16.5. The molecule has 0 spiro atoms.